The predicted molar refractivity (Wildman–Crippen MR) is 63.3 cm³/mol. The number of rotatable bonds is 3. The number of carbonyl (C=O) groups is 2. The molecule has 1 aromatic rings. The molecular formula is C12H12ClNO4. The van der Waals surface area contributed by atoms with Crippen LogP contribution in [0.25, 0.3) is 0 Å². The summed E-state index contributed by atoms with van der Waals surface area (Å²) in [6.07, 6.45) is -0.539. The molecule has 1 atom stereocenters. The standard InChI is InChI=1S/C12H12ClNO4/c13-9-3-1-8(2-4-9)7-12(17)18-14-10(15)5-6-11(14)16/h1-4,10,15H,5-7H2. The Morgan fingerprint density at radius 2 is 2.11 bits per heavy atom. The molecule has 0 aromatic heterocycles. The van der Waals surface area contributed by atoms with Crippen molar-refractivity contribution in [3.63, 3.8) is 0 Å². The fourth-order valence-corrected chi connectivity index (χ4v) is 1.79. The minimum Gasteiger partial charge on any atom is -0.370 e. The van der Waals surface area contributed by atoms with Crippen LogP contribution in [-0.2, 0) is 20.8 Å². The molecule has 0 bridgehead atoms. The van der Waals surface area contributed by atoms with Crippen LogP contribution in [0, 0.1) is 0 Å². The number of halogens is 1. The zero-order chi connectivity index (χ0) is 13.1. The Hall–Kier alpha value is -1.59. The average Bonchev–Trinajstić information content (AvgIpc) is 2.64. The fraction of sp³-hybridized carbons (Fsp3) is 0.333. The summed E-state index contributed by atoms with van der Waals surface area (Å²) in [7, 11) is 0. The maximum absolute atomic E-state index is 11.6. The number of nitrogens with zero attached hydrogens (tertiary/aromatic N) is 1. The normalized spacial score (nSPS) is 19.1. The molecule has 1 saturated heterocycles. The molecule has 6 heteroatoms. The molecule has 1 aliphatic rings. The van der Waals surface area contributed by atoms with E-state index in [1.165, 1.54) is 0 Å². The summed E-state index contributed by atoms with van der Waals surface area (Å²) < 4.78 is 0. The molecule has 0 spiro atoms. The minimum absolute atomic E-state index is 0.0215. The van der Waals surface area contributed by atoms with E-state index in [9.17, 15) is 14.7 Å². The van der Waals surface area contributed by atoms with E-state index < -0.39 is 12.2 Å². The van der Waals surface area contributed by atoms with Gasteiger partial charge in [0.15, 0.2) is 6.23 Å². The maximum Gasteiger partial charge on any atom is 0.337 e. The third-order valence-corrected chi connectivity index (χ3v) is 2.85. The van der Waals surface area contributed by atoms with Gasteiger partial charge in [-0.1, -0.05) is 23.7 Å². The van der Waals surface area contributed by atoms with Crippen LogP contribution in [0.1, 0.15) is 18.4 Å². The molecule has 0 saturated carbocycles. The highest BCUT2D eigenvalue weighted by Gasteiger charge is 2.32. The summed E-state index contributed by atoms with van der Waals surface area (Å²) >= 11 is 5.72. The number of hydrogen-bond acceptors (Lipinski definition) is 4. The lowest BCUT2D eigenvalue weighted by molar-refractivity contribution is -0.220. The van der Waals surface area contributed by atoms with Crippen LogP contribution < -0.4 is 0 Å². The van der Waals surface area contributed by atoms with E-state index in [2.05, 4.69) is 0 Å². The van der Waals surface area contributed by atoms with Crippen molar-refractivity contribution in [3.05, 3.63) is 34.9 Å². The first kappa shape index (κ1) is 12.9. The molecule has 1 fully saturated rings. The van der Waals surface area contributed by atoms with Crippen LogP contribution in [-0.4, -0.2) is 28.3 Å². The first-order valence-electron chi connectivity index (χ1n) is 5.51. The van der Waals surface area contributed by atoms with E-state index in [-0.39, 0.29) is 25.2 Å². The molecule has 2 rings (SSSR count). The number of benzene rings is 1. The summed E-state index contributed by atoms with van der Waals surface area (Å²) in [4.78, 5) is 27.7. The van der Waals surface area contributed by atoms with Crippen molar-refractivity contribution in [3.8, 4) is 0 Å². The third kappa shape index (κ3) is 3.00. The van der Waals surface area contributed by atoms with Crippen molar-refractivity contribution in [2.75, 3.05) is 0 Å². The highest BCUT2D eigenvalue weighted by atomic mass is 35.5. The number of amides is 1. The Kier molecular flexibility index (Phi) is 3.84. The van der Waals surface area contributed by atoms with Gasteiger partial charge in [0.1, 0.15) is 0 Å². The van der Waals surface area contributed by atoms with Gasteiger partial charge in [0.25, 0.3) is 5.91 Å². The smallest absolute Gasteiger partial charge is 0.337 e. The molecule has 1 aliphatic heterocycles. The highest BCUT2D eigenvalue weighted by Crippen LogP contribution is 2.17. The van der Waals surface area contributed by atoms with E-state index in [1.54, 1.807) is 24.3 Å². The molecule has 1 unspecified atom stereocenters. The third-order valence-electron chi connectivity index (χ3n) is 2.59. The number of aliphatic hydroxyl groups is 1. The summed E-state index contributed by atoms with van der Waals surface area (Å²) in [5, 5.41) is 10.7. The zero-order valence-corrected chi connectivity index (χ0v) is 10.3. The van der Waals surface area contributed by atoms with E-state index in [0.717, 1.165) is 10.6 Å². The van der Waals surface area contributed by atoms with E-state index in [0.29, 0.717) is 5.02 Å². The van der Waals surface area contributed by atoms with Gasteiger partial charge < -0.3 is 9.94 Å². The van der Waals surface area contributed by atoms with Gasteiger partial charge in [0.2, 0.25) is 0 Å². The largest absolute Gasteiger partial charge is 0.370 e. The SMILES string of the molecule is O=C(Cc1ccc(Cl)cc1)ON1C(=O)CCC1O. The Balaban J connectivity index is 1.92. The monoisotopic (exact) mass is 269 g/mol. The first-order valence-corrected chi connectivity index (χ1v) is 5.89. The van der Waals surface area contributed by atoms with Crippen molar-refractivity contribution >= 4 is 23.5 Å². The van der Waals surface area contributed by atoms with E-state index in [4.69, 9.17) is 16.4 Å². The molecular weight excluding hydrogens is 258 g/mol. The number of hydrogen-bond donors (Lipinski definition) is 1. The molecule has 0 radical (unpaired) electrons. The molecule has 18 heavy (non-hydrogen) atoms. The van der Waals surface area contributed by atoms with Crippen LogP contribution in [0.5, 0.6) is 0 Å². The van der Waals surface area contributed by atoms with Gasteiger partial charge in [-0.3, -0.25) is 4.79 Å². The lowest BCUT2D eigenvalue weighted by Gasteiger charge is -2.18. The van der Waals surface area contributed by atoms with Gasteiger partial charge in [-0.15, -0.1) is 5.06 Å². The number of carbonyl (C=O) groups excluding carboxylic acids is 2. The topological polar surface area (TPSA) is 66.8 Å². The highest BCUT2D eigenvalue weighted by molar-refractivity contribution is 6.30. The van der Waals surface area contributed by atoms with Crippen LogP contribution in [0.15, 0.2) is 24.3 Å². The quantitative estimate of drug-likeness (QED) is 0.898. The summed E-state index contributed by atoms with van der Waals surface area (Å²) in [6.45, 7) is 0. The predicted octanol–water partition coefficient (Wildman–Crippen LogP) is 1.28. The Morgan fingerprint density at radius 3 is 2.67 bits per heavy atom. The van der Waals surface area contributed by atoms with E-state index >= 15 is 0 Å². The second-order valence-corrected chi connectivity index (χ2v) is 4.44. The van der Waals surface area contributed by atoms with E-state index in [1.807, 2.05) is 0 Å². The van der Waals surface area contributed by atoms with Crippen LogP contribution in [0.4, 0.5) is 0 Å². The van der Waals surface area contributed by atoms with Gasteiger partial charge in [-0.2, -0.15) is 0 Å². The molecule has 0 aliphatic carbocycles. The van der Waals surface area contributed by atoms with Crippen molar-refractivity contribution in [1.82, 2.24) is 5.06 Å². The fourth-order valence-electron chi connectivity index (χ4n) is 1.67. The van der Waals surface area contributed by atoms with Crippen molar-refractivity contribution in [1.29, 1.82) is 0 Å². The molecule has 1 amide bonds. The van der Waals surface area contributed by atoms with Gasteiger partial charge in [0.05, 0.1) is 6.42 Å². The molecule has 1 heterocycles. The lowest BCUT2D eigenvalue weighted by atomic mass is 10.2. The van der Waals surface area contributed by atoms with Crippen molar-refractivity contribution < 1.29 is 19.5 Å². The molecule has 1 aromatic carbocycles. The lowest BCUT2D eigenvalue weighted by Crippen LogP contribution is -2.35. The Morgan fingerprint density at radius 1 is 1.44 bits per heavy atom. The number of aliphatic hydroxyl groups excluding tert-OH is 1. The molecule has 1 N–H and O–H groups in total. The Bertz CT molecular complexity index is 460. The van der Waals surface area contributed by atoms with Crippen molar-refractivity contribution in [2.24, 2.45) is 0 Å². The minimum atomic E-state index is -1.04. The zero-order valence-electron chi connectivity index (χ0n) is 9.51. The average molecular weight is 270 g/mol. The van der Waals surface area contributed by atoms with Gasteiger partial charge in [-0.25, -0.2) is 4.79 Å². The molecule has 96 valence electrons. The van der Waals surface area contributed by atoms with Crippen LogP contribution in [0.3, 0.4) is 0 Å². The second kappa shape index (κ2) is 5.37. The van der Waals surface area contributed by atoms with Gasteiger partial charge in [-0.05, 0) is 17.7 Å². The second-order valence-electron chi connectivity index (χ2n) is 4.01. The van der Waals surface area contributed by atoms with Crippen molar-refractivity contribution in [2.45, 2.75) is 25.5 Å². The van der Waals surface area contributed by atoms with Gasteiger partial charge >= 0.3 is 5.97 Å². The van der Waals surface area contributed by atoms with Gasteiger partial charge in [0, 0.05) is 17.9 Å². The first-order chi connectivity index (χ1) is 8.56. The Labute approximate surface area is 109 Å². The number of hydroxylamine groups is 2. The molecule has 5 nitrogen and oxygen atoms in total. The summed E-state index contributed by atoms with van der Waals surface area (Å²) in [5.41, 5.74) is 0.727. The maximum atomic E-state index is 11.6. The summed E-state index contributed by atoms with van der Waals surface area (Å²) in [6, 6.07) is 6.73. The van der Waals surface area contributed by atoms with Crippen LogP contribution >= 0.6 is 11.6 Å². The summed E-state index contributed by atoms with van der Waals surface area (Å²) in [5.74, 6) is -0.974. The van der Waals surface area contributed by atoms with Crippen LogP contribution in [0.2, 0.25) is 5.02 Å².